The zero-order valence-corrected chi connectivity index (χ0v) is 15.3. The molecule has 0 saturated carbocycles. The third kappa shape index (κ3) is 5.57. The van der Waals surface area contributed by atoms with E-state index in [1.54, 1.807) is 6.07 Å². The van der Waals surface area contributed by atoms with E-state index < -0.39 is 0 Å². The lowest BCUT2D eigenvalue weighted by atomic mass is 10.1. The predicted molar refractivity (Wildman–Crippen MR) is 103 cm³/mol. The molecule has 3 rings (SSSR count). The topological polar surface area (TPSA) is 88.1 Å². The molecule has 1 aliphatic heterocycles. The van der Waals surface area contributed by atoms with Gasteiger partial charge in [-0.05, 0) is 37.6 Å². The quantitative estimate of drug-likeness (QED) is 0.718. The summed E-state index contributed by atoms with van der Waals surface area (Å²) in [5.74, 6) is -0.389. The first-order chi connectivity index (χ1) is 12.2. The number of nitrogens with zero attached hydrogens (tertiary/aromatic N) is 2. The fourth-order valence-corrected chi connectivity index (χ4v) is 2.85. The molecule has 2 heterocycles. The molecule has 1 atom stereocenters. The summed E-state index contributed by atoms with van der Waals surface area (Å²) in [5, 5.41) is 13.2. The highest BCUT2D eigenvalue weighted by molar-refractivity contribution is 5.93. The standard InChI is InChI=1S/C18H23N5O2.ClH/c24-17(21-14-5-2-1-3-6-14)8-11-20-18(25)16-9-12-23(22-16)15-7-4-10-19-13-15;/h1-3,5-6,9,12,15,19H,4,7-8,10-11,13H2,(H,20,25)(H,21,24);1H. The Kier molecular flexibility index (Phi) is 7.62. The molecule has 0 aliphatic carbocycles. The maximum atomic E-state index is 12.1. The van der Waals surface area contributed by atoms with Crippen LogP contribution in [-0.4, -0.2) is 41.2 Å². The predicted octanol–water partition coefficient (Wildman–Crippen LogP) is 1.99. The lowest BCUT2D eigenvalue weighted by Crippen LogP contribution is -2.32. The van der Waals surface area contributed by atoms with Crippen molar-refractivity contribution < 1.29 is 9.59 Å². The molecule has 26 heavy (non-hydrogen) atoms. The molecule has 8 heteroatoms. The average molecular weight is 378 g/mol. The van der Waals surface area contributed by atoms with E-state index in [2.05, 4.69) is 21.0 Å². The first-order valence-electron chi connectivity index (χ1n) is 8.61. The number of nitrogens with one attached hydrogen (secondary N) is 3. The highest BCUT2D eigenvalue weighted by Crippen LogP contribution is 2.15. The van der Waals surface area contributed by atoms with Gasteiger partial charge in [0.2, 0.25) is 5.91 Å². The number of hydrogen-bond acceptors (Lipinski definition) is 4. The van der Waals surface area contributed by atoms with Crippen molar-refractivity contribution in [2.75, 3.05) is 25.0 Å². The monoisotopic (exact) mass is 377 g/mol. The van der Waals surface area contributed by atoms with Gasteiger partial charge in [-0.25, -0.2) is 0 Å². The summed E-state index contributed by atoms with van der Waals surface area (Å²) in [4.78, 5) is 24.0. The van der Waals surface area contributed by atoms with Crippen molar-refractivity contribution in [2.45, 2.75) is 25.3 Å². The van der Waals surface area contributed by atoms with Gasteiger partial charge in [-0.3, -0.25) is 14.3 Å². The maximum Gasteiger partial charge on any atom is 0.271 e. The molecule has 0 spiro atoms. The number of para-hydroxylation sites is 1. The molecule has 1 aromatic carbocycles. The SMILES string of the molecule is Cl.O=C(CCNC(=O)c1ccn(C2CCCNC2)n1)Nc1ccccc1. The van der Waals surface area contributed by atoms with Crippen LogP contribution in [0.5, 0.6) is 0 Å². The zero-order valence-electron chi connectivity index (χ0n) is 14.5. The highest BCUT2D eigenvalue weighted by Gasteiger charge is 2.17. The minimum absolute atomic E-state index is 0. The third-order valence-corrected chi connectivity index (χ3v) is 4.18. The van der Waals surface area contributed by atoms with Crippen LogP contribution in [-0.2, 0) is 4.79 Å². The van der Waals surface area contributed by atoms with E-state index in [9.17, 15) is 9.59 Å². The molecule has 1 fully saturated rings. The van der Waals surface area contributed by atoms with E-state index in [0.717, 1.165) is 31.6 Å². The van der Waals surface area contributed by atoms with Gasteiger partial charge in [0.25, 0.3) is 5.91 Å². The second-order valence-corrected chi connectivity index (χ2v) is 6.10. The molecule has 1 saturated heterocycles. The molecule has 1 unspecified atom stereocenters. The van der Waals surface area contributed by atoms with E-state index in [1.165, 1.54) is 0 Å². The minimum Gasteiger partial charge on any atom is -0.350 e. The summed E-state index contributed by atoms with van der Waals surface area (Å²) in [6.07, 6.45) is 4.24. The molecular weight excluding hydrogens is 354 g/mol. The van der Waals surface area contributed by atoms with Gasteiger partial charge in [-0.1, -0.05) is 18.2 Å². The second-order valence-electron chi connectivity index (χ2n) is 6.10. The van der Waals surface area contributed by atoms with Gasteiger partial charge in [-0.2, -0.15) is 5.10 Å². The van der Waals surface area contributed by atoms with Gasteiger partial charge in [-0.15, -0.1) is 12.4 Å². The first-order valence-corrected chi connectivity index (χ1v) is 8.61. The van der Waals surface area contributed by atoms with Crippen molar-refractivity contribution in [3.63, 3.8) is 0 Å². The number of anilines is 1. The molecule has 140 valence electrons. The normalized spacial score (nSPS) is 16.4. The maximum absolute atomic E-state index is 12.1. The molecule has 1 aliphatic rings. The van der Waals surface area contributed by atoms with Crippen molar-refractivity contribution in [1.29, 1.82) is 0 Å². The summed E-state index contributed by atoms with van der Waals surface area (Å²) in [7, 11) is 0. The van der Waals surface area contributed by atoms with E-state index in [1.807, 2.05) is 41.2 Å². The molecular formula is C18H24ClN5O2. The summed E-state index contributed by atoms with van der Waals surface area (Å²) in [6.45, 7) is 2.19. The summed E-state index contributed by atoms with van der Waals surface area (Å²) >= 11 is 0. The molecule has 2 aromatic rings. The van der Waals surface area contributed by atoms with Crippen LogP contribution in [0.4, 0.5) is 5.69 Å². The molecule has 3 N–H and O–H groups in total. The van der Waals surface area contributed by atoms with E-state index in [-0.39, 0.29) is 37.2 Å². The van der Waals surface area contributed by atoms with Crippen molar-refractivity contribution in [3.05, 3.63) is 48.3 Å². The largest absolute Gasteiger partial charge is 0.350 e. The zero-order chi connectivity index (χ0) is 17.5. The number of benzene rings is 1. The van der Waals surface area contributed by atoms with Crippen LogP contribution in [0, 0.1) is 0 Å². The van der Waals surface area contributed by atoms with Crippen molar-refractivity contribution in [1.82, 2.24) is 20.4 Å². The van der Waals surface area contributed by atoms with Gasteiger partial charge in [0.1, 0.15) is 5.69 Å². The van der Waals surface area contributed by atoms with Gasteiger partial charge >= 0.3 is 0 Å². The second kappa shape index (κ2) is 9.94. The van der Waals surface area contributed by atoms with E-state index in [4.69, 9.17) is 0 Å². The number of piperidine rings is 1. The Balaban J connectivity index is 0.00000243. The van der Waals surface area contributed by atoms with Crippen molar-refractivity contribution in [3.8, 4) is 0 Å². The molecule has 2 amide bonds. The Hall–Kier alpha value is -2.38. The average Bonchev–Trinajstić information content (AvgIpc) is 3.13. The smallest absolute Gasteiger partial charge is 0.271 e. The van der Waals surface area contributed by atoms with Gasteiger partial charge < -0.3 is 16.0 Å². The Bertz CT molecular complexity index is 713. The summed E-state index contributed by atoms with van der Waals surface area (Å²) in [6, 6.07) is 11.3. The van der Waals surface area contributed by atoms with Gasteiger partial charge in [0.05, 0.1) is 6.04 Å². The van der Waals surface area contributed by atoms with Crippen LogP contribution < -0.4 is 16.0 Å². The Morgan fingerprint density at radius 3 is 2.77 bits per heavy atom. The Labute approximate surface area is 159 Å². The summed E-state index contributed by atoms with van der Waals surface area (Å²) < 4.78 is 1.85. The number of halogens is 1. The van der Waals surface area contributed by atoms with Crippen molar-refractivity contribution >= 4 is 29.9 Å². The van der Waals surface area contributed by atoms with Crippen LogP contribution in [0.1, 0.15) is 35.8 Å². The lowest BCUT2D eigenvalue weighted by molar-refractivity contribution is -0.116. The lowest BCUT2D eigenvalue weighted by Gasteiger charge is -2.22. The van der Waals surface area contributed by atoms with Crippen LogP contribution >= 0.6 is 12.4 Å². The Morgan fingerprint density at radius 2 is 2.04 bits per heavy atom. The highest BCUT2D eigenvalue weighted by atomic mass is 35.5. The number of carbonyl (C=O) groups excluding carboxylic acids is 2. The number of rotatable bonds is 6. The molecule has 1 aromatic heterocycles. The van der Waals surface area contributed by atoms with Crippen LogP contribution in [0.2, 0.25) is 0 Å². The van der Waals surface area contributed by atoms with Crippen LogP contribution in [0.25, 0.3) is 0 Å². The fourth-order valence-electron chi connectivity index (χ4n) is 2.85. The third-order valence-electron chi connectivity index (χ3n) is 4.18. The molecule has 7 nitrogen and oxygen atoms in total. The number of aromatic nitrogens is 2. The fraction of sp³-hybridized carbons (Fsp3) is 0.389. The van der Waals surface area contributed by atoms with Crippen LogP contribution in [0.3, 0.4) is 0 Å². The van der Waals surface area contributed by atoms with E-state index in [0.29, 0.717) is 11.7 Å². The molecule has 0 bridgehead atoms. The van der Waals surface area contributed by atoms with Gasteiger partial charge in [0.15, 0.2) is 0 Å². The Morgan fingerprint density at radius 1 is 1.23 bits per heavy atom. The number of carbonyl (C=O) groups is 2. The van der Waals surface area contributed by atoms with Gasteiger partial charge in [0, 0.05) is 31.4 Å². The number of hydrogen-bond donors (Lipinski definition) is 3. The molecule has 0 radical (unpaired) electrons. The van der Waals surface area contributed by atoms with Crippen LogP contribution in [0.15, 0.2) is 42.6 Å². The minimum atomic E-state index is -0.255. The van der Waals surface area contributed by atoms with Crippen molar-refractivity contribution in [2.24, 2.45) is 0 Å². The first kappa shape index (κ1) is 19.9. The number of amides is 2. The summed E-state index contributed by atoms with van der Waals surface area (Å²) in [5.41, 5.74) is 1.13. The van der Waals surface area contributed by atoms with E-state index >= 15 is 0 Å².